The standard InChI is InChI=1S/C23H28N2O3.ClH/c24-13-18-14-25(15-21(18)17-7-2-1-3-8-17)23(26)20-10-4-5-11-22(20)28-16-19-9-6-12-27-19;/h1-5,7-8,10-11,18-19,21H,6,9,12-16,24H2;1H/t18-,19?,21+;/m1./s1. The van der Waals surface area contributed by atoms with Gasteiger partial charge in [0.1, 0.15) is 12.4 Å². The minimum absolute atomic E-state index is 0. The Labute approximate surface area is 178 Å². The summed E-state index contributed by atoms with van der Waals surface area (Å²) >= 11 is 0. The molecule has 6 heteroatoms. The van der Waals surface area contributed by atoms with Crippen molar-refractivity contribution in [2.45, 2.75) is 24.9 Å². The molecule has 0 aromatic heterocycles. The lowest BCUT2D eigenvalue weighted by atomic mass is 9.89. The molecule has 2 aliphatic heterocycles. The summed E-state index contributed by atoms with van der Waals surface area (Å²) in [5, 5.41) is 0. The van der Waals surface area contributed by atoms with Crippen LogP contribution in [0.15, 0.2) is 54.6 Å². The van der Waals surface area contributed by atoms with Crippen LogP contribution < -0.4 is 10.5 Å². The number of hydrogen-bond donors (Lipinski definition) is 1. The van der Waals surface area contributed by atoms with Crippen molar-refractivity contribution in [3.63, 3.8) is 0 Å². The van der Waals surface area contributed by atoms with Crippen molar-refractivity contribution < 1.29 is 14.3 Å². The second-order valence-corrected chi connectivity index (χ2v) is 7.67. The summed E-state index contributed by atoms with van der Waals surface area (Å²) in [5.74, 6) is 1.19. The monoisotopic (exact) mass is 416 g/mol. The predicted octanol–water partition coefficient (Wildman–Crippen LogP) is 3.48. The van der Waals surface area contributed by atoms with E-state index >= 15 is 0 Å². The molecule has 0 aliphatic carbocycles. The van der Waals surface area contributed by atoms with Gasteiger partial charge < -0.3 is 20.1 Å². The normalized spacial score (nSPS) is 23.6. The maximum atomic E-state index is 13.3. The minimum atomic E-state index is 0. The van der Waals surface area contributed by atoms with Crippen LogP contribution in [0.3, 0.4) is 0 Å². The largest absolute Gasteiger partial charge is 0.490 e. The summed E-state index contributed by atoms with van der Waals surface area (Å²) in [6, 6.07) is 17.9. The van der Waals surface area contributed by atoms with Crippen molar-refractivity contribution in [3.05, 3.63) is 65.7 Å². The van der Waals surface area contributed by atoms with Gasteiger partial charge in [-0.2, -0.15) is 0 Å². The van der Waals surface area contributed by atoms with Crippen molar-refractivity contribution in [2.75, 3.05) is 32.8 Å². The van der Waals surface area contributed by atoms with Gasteiger partial charge in [0.25, 0.3) is 5.91 Å². The molecule has 1 amide bonds. The zero-order valence-electron chi connectivity index (χ0n) is 16.5. The number of nitrogens with two attached hydrogens (primary N) is 1. The van der Waals surface area contributed by atoms with E-state index < -0.39 is 0 Å². The molecule has 2 aromatic rings. The van der Waals surface area contributed by atoms with Gasteiger partial charge in [-0.15, -0.1) is 12.4 Å². The van der Waals surface area contributed by atoms with Crippen LogP contribution in [0.25, 0.3) is 0 Å². The van der Waals surface area contributed by atoms with Crippen molar-refractivity contribution in [2.24, 2.45) is 11.7 Å². The molecule has 29 heavy (non-hydrogen) atoms. The molecule has 2 aromatic carbocycles. The van der Waals surface area contributed by atoms with Crippen LogP contribution >= 0.6 is 12.4 Å². The Hall–Kier alpha value is -2.08. The third kappa shape index (κ3) is 4.92. The number of amides is 1. The number of carbonyl (C=O) groups excluding carboxylic acids is 1. The summed E-state index contributed by atoms with van der Waals surface area (Å²) in [6.45, 7) is 3.21. The van der Waals surface area contributed by atoms with E-state index in [9.17, 15) is 4.79 Å². The van der Waals surface area contributed by atoms with Gasteiger partial charge in [0.15, 0.2) is 0 Å². The highest BCUT2D eigenvalue weighted by atomic mass is 35.5. The SMILES string of the molecule is Cl.NC[C@@H]1CN(C(=O)c2ccccc2OCC2CCCO2)C[C@H]1c1ccccc1. The third-order valence-corrected chi connectivity index (χ3v) is 5.82. The highest BCUT2D eigenvalue weighted by Crippen LogP contribution is 2.34. The molecule has 2 saturated heterocycles. The van der Waals surface area contributed by atoms with Crippen molar-refractivity contribution in [1.29, 1.82) is 0 Å². The topological polar surface area (TPSA) is 64.8 Å². The first-order chi connectivity index (χ1) is 13.8. The average molecular weight is 417 g/mol. The maximum absolute atomic E-state index is 13.3. The lowest BCUT2D eigenvalue weighted by Crippen LogP contribution is -2.30. The Morgan fingerprint density at radius 1 is 1.10 bits per heavy atom. The average Bonchev–Trinajstić information content (AvgIpc) is 3.42. The van der Waals surface area contributed by atoms with Crippen LogP contribution in [-0.2, 0) is 4.74 Å². The number of para-hydroxylation sites is 1. The number of ether oxygens (including phenoxy) is 2. The Kier molecular flexibility index (Phi) is 7.53. The number of halogens is 1. The minimum Gasteiger partial charge on any atom is -0.490 e. The number of rotatable bonds is 6. The second kappa shape index (κ2) is 10.1. The Morgan fingerprint density at radius 2 is 1.86 bits per heavy atom. The smallest absolute Gasteiger partial charge is 0.257 e. The molecule has 1 unspecified atom stereocenters. The van der Waals surface area contributed by atoms with Crippen molar-refractivity contribution in [3.8, 4) is 5.75 Å². The Bertz CT molecular complexity index is 796. The fourth-order valence-corrected chi connectivity index (χ4v) is 4.25. The molecule has 2 heterocycles. The Morgan fingerprint density at radius 3 is 2.59 bits per heavy atom. The van der Waals surface area contributed by atoms with E-state index in [1.165, 1.54) is 5.56 Å². The number of carbonyl (C=O) groups is 1. The fourth-order valence-electron chi connectivity index (χ4n) is 4.25. The molecular formula is C23H29ClN2O3. The maximum Gasteiger partial charge on any atom is 0.257 e. The summed E-state index contributed by atoms with van der Waals surface area (Å²) in [7, 11) is 0. The molecule has 0 radical (unpaired) electrons. The van der Waals surface area contributed by atoms with Gasteiger partial charge in [-0.25, -0.2) is 0 Å². The van der Waals surface area contributed by atoms with Crippen LogP contribution in [0.4, 0.5) is 0 Å². The lowest BCUT2D eigenvalue weighted by molar-refractivity contribution is 0.0656. The van der Waals surface area contributed by atoms with Gasteiger partial charge in [0.05, 0.1) is 11.7 Å². The Balaban J connectivity index is 0.00000240. The third-order valence-electron chi connectivity index (χ3n) is 5.82. The first kappa shape index (κ1) is 21.6. The van der Waals surface area contributed by atoms with Gasteiger partial charge >= 0.3 is 0 Å². The van der Waals surface area contributed by atoms with Gasteiger partial charge in [-0.1, -0.05) is 42.5 Å². The molecule has 156 valence electrons. The molecule has 0 bridgehead atoms. The highest BCUT2D eigenvalue weighted by Gasteiger charge is 2.36. The van der Waals surface area contributed by atoms with E-state index in [-0.39, 0.29) is 36.3 Å². The molecule has 3 atom stereocenters. The van der Waals surface area contributed by atoms with Crippen LogP contribution in [-0.4, -0.2) is 49.8 Å². The van der Waals surface area contributed by atoms with E-state index in [4.69, 9.17) is 15.2 Å². The van der Waals surface area contributed by atoms with E-state index in [1.807, 2.05) is 47.4 Å². The first-order valence-electron chi connectivity index (χ1n) is 10.1. The quantitative estimate of drug-likeness (QED) is 0.782. The number of benzene rings is 2. The molecule has 0 spiro atoms. The summed E-state index contributed by atoms with van der Waals surface area (Å²) in [5.41, 5.74) is 7.90. The van der Waals surface area contributed by atoms with E-state index in [0.29, 0.717) is 37.6 Å². The predicted molar refractivity (Wildman–Crippen MR) is 116 cm³/mol. The number of hydrogen-bond acceptors (Lipinski definition) is 4. The molecule has 4 rings (SSSR count). The summed E-state index contributed by atoms with van der Waals surface area (Å²) in [6.07, 6.45) is 2.21. The van der Waals surface area contributed by atoms with Crippen molar-refractivity contribution >= 4 is 18.3 Å². The first-order valence-corrected chi connectivity index (χ1v) is 10.1. The number of nitrogens with zero attached hydrogens (tertiary/aromatic N) is 1. The zero-order chi connectivity index (χ0) is 19.3. The van der Waals surface area contributed by atoms with Gasteiger partial charge in [0, 0.05) is 25.6 Å². The van der Waals surface area contributed by atoms with E-state index in [2.05, 4.69) is 12.1 Å². The van der Waals surface area contributed by atoms with Crippen LogP contribution in [0, 0.1) is 5.92 Å². The van der Waals surface area contributed by atoms with Crippen molar-refractivity contribution in [1.82, 2.24) is 4.90 Å². The molecule has 2 aliphatic rings. The zero-order valence-corrected chi connectivity index (χ0v) is 17.4. The fraction of sp³-hybridized carbons (Fsp3) is 0.435. The van der Waals surface area contributed by atoms with Gasteiger partial charge in [0.2, 0.25) is 0 Å². The molecular weight excluding hydrogens is 388 g/mol. The highest BCUT2D eigenvalue weighted by molar-refractivity contribution is 5.97. The summed E-state index contributed by atoms with van der Waals surface area (Å²) < 4.78 is 11.6. The van der Waals surface area contributed by atoms with Crippen LogP contribution in [0.1, 0.15) is 34.7 Å². The molecule has 2 fully saturated rings. The van der Waals surface area contributed by atoms with Gasteiger partial charge in [-0.3, -0.25) is 4.79 Å². The molecule has 0 saturated carbocycles. The molecule has 5 nitrogen and oxygen atoms in total. The van der Waals surface area contributed by atoms with Crippen LogP contribution in [0.2, 0.25) is 0 Å². The second-order valence-electron chi connectivity index (χ2n) is 7.67. The van der Waals surface area contributed by atoms with Gasteiger partial charge in [-0.05, 0) is 43.0 Å². The lowest BCUT2D eigenvalue weighted by Gasteiger charge is -2.19. The van der Waals surface area contributed by atoms with E-state index in [0.717, 1.165) is 19.4 Å². The summed E-state index contributed by atoms with van der Waals surface area (Å²) in [4.78, 5) is 15.2. The number of likely N-dealkylation sites (tertiary alicyclic amines) is 1. The molecule has 2 N–H and O–H groups in total. The van der Waals surface area contributed by atoms with E-state index in [1.54, 1.807) is 0 Å². The van der Waals surface area contributed by atoms with Crippen LogP contribution in [0.5, 0.6) is 5.75 Å².